The van der Waals surface area contributed by atoms with Crippen LogP contribution in [0.15, 0.2) is 87.0 Å². The molecule has 0 fully saturated rings. The number of hydrogen-bond acceptors (Lipinski definition) is 5. The summed E-state index contributed by atoms with van der Waals surface area (Å²) in [6.07, 6.45) is 5.35. The van der Waals surface area contributed by atoms with Crippen molar-refractivity contribution in [2.24, 2.45) is 0 Å². The Labute approximate surface area is 197 Å². The number of allylic oxidation sites excluding steroid dienone is 2. The second-order valence-electron chi connectivity index (χ2n) is 7.13. The Hall–Kier alpha value is -3.73. The number of carbonyl (C=O) groups excluding carboxylic acids is 3. The number of hydrogen-bond donors (Lipinski definition) is 0. The highest BCUT2D eigenvalue weighted by atomic mass is 16.5. The van der Waals surface area contributed by atoms with Gasteiger partial charge in [-0.2, -0.15) is 0 Å². The molecule has 5 nitrogen and oxygen atoms in total. The van der Waals surface area contributed by atoms with E-state index in [1.54, 1.807) is 6.92 Å². The van der Waals surface area contributed by atoms with Gasteiger partial charge in [-0.15, -0.1) is 13.2 Å². The summed E-state index contributed by atoms with van der Waals surface area (Å²) in [6, 6.07) is 15.5. The van der Waals surface area contributed by atoms with Gasteiger partial charge in [-0.1, -0.05) is 44.3 Å². The zero-order valence-electron chi connectivity index (χ0n) is 19.4. The van der Waals surface area contributed by atoms with Gasteiger partial charge in [0.25, 0.3) is 0 Å². The maximum absolute atomic E-state index is 11.7. The van der Waals surface area contributed by atoms with Crippen LogP contribution >= 0.6 is 0 Å². The summed E-state index contributed by atoms with van der Waals surface area (Å²) in [5, 5.41) is 0. The molecule has 0 aromatic heterocycles. The number of aryl methyl sites for hydroxylation is 1. The lowest BCUT2D eigenvalue weighted by molar-refractivity contribution is -0.143. The average molecular weight is 448 g/mol. The summed E-state index contributed by atoms with van der Waals surface area (Å²) in [7, 11) is 0. The minimum atomic E-state index is -0.276. The quantitative estimate of drug-likeness (QED) is 0.165. The fourth-order valence-electron chi connectivity index (χ4n) is 3.02. The molecule has 0 N–H and O–H groups in total. The molecule has 0 aliphatic carbocycles. The normalized spacial score (nSPS) is 9.73. The third-order valence-corrected chi connectivity index (χ3v) is 4.86. The van der Waals surface area contributed by atoms with Gasteiger partial charge in [0.05, 0.1) is 0 Å². The Morgan fingerprint density at radius 2 is 1.36 bits per heavy atom. The van der Waals surface area contributed by atoms with E-state index in [4.69, 9.17) is 4.74 Å². The number of benzene rings is 2. The molecule has 0 atom stereocenters. The van der Waals surface area contributed by atoms with Gasteiger partial charge in [0.1, 0.15) is 0 Å². The zero-order chi connectivity index (χ0) is 24.6. The van der Waals surface area contributed by atoms with E-state index in [0.29, 0.717) is 19.3 Å². The molecule has 0 aliphatic heterocycles. The molecule has 0 saturated heterocycles. The molecule has 5 heteroatoms. The second kappa shape index (κ2) is 15.1. The Morgan fingerprint density at radius 1 is 0.848 bits per heavy atom. The number of carbonyl (C=O) groups is 3. The lowest BCUT2D eigenvalue weighted by atomic mass is 10.1. The van der Waals surface area contributed by atoms with E-state index in [9.17, 15) is 14.4 Å². The number of ether oxygens (including phenoxy) is 1. The topological polar surface area (TPSA) is 63.7 Å². The van der Waals surface area contributed by atoms with Crippen molar-refractivity contribution in [3.63, 3.8) is 0 Å². The van der Waals surface area contributed by atoms with Crippen LogP contribution in [0.2, 0.25) is 0 Å². The third-order valence-electron chi connectivity index (χ3n) is 4.86. The molecule has 33 heavy (non-hydrogen) atoms. The summed E-state index contributed by atoms with van der Waals surface area (Å²) < 4.78 is 5.38. The molecule has 0 radical (unpaired) electrons. The van der Waals surface area contributed by atoms with Crippen LogP contribution in [0.4, 0.5) is 11.4 Å². The standard InChI is InChI=1S/C26H29NO4.C2H4/c1-4-24(28)9-7-8-20-10-14-22(15-11-20)27(19-31-26(30)6-3)23-16-12-21(13-17-23)18-25(29)5-2;1-2/h4-5,10-17H,1-2,6-9,18-19H2,3H3;1-2H2. The van der Waals surface area contributed by atoms with Crippen molar-refractivity contribution >= 4 is 28.9 Å². The summed E-state index contributed by atoms with van der Waals surface area (Å²) >= 11 is 0. The average Bonchev–Trinajstić information content (AvgIpc) is 2.86. The van der Waals surface area contributed by atoms with Crippen LogP contribution in [-0.2, 0) is 32.0 Å². The van der Waals surface area contributed by atoms with E-state index < -0.39 is 0 Å². The van der Waals surface area contributed by atoms with Crippen LogP contribution in [0.25, 0.3) is 0 Å². The maximum Gasteiger partial charge on any atom is 0.307 e. The monoisotopic (exact) mass is 447 g/mol. The highest BCUT2D eigenvalue weighted by Crippen LogP contribution is 2.26. The van der Waals surface area contributed by atoms with Crippen molar-refractivity contribution in [1.29, 1.82) is 0 Å². The fraction of sp³-hybridized carbons (Fsp3) is 0.250. The zero-order valence-corrected chi connectivity index (χ0v) is 19.4. The smallest absolute Gasteiger partial charge is 0.307 e. The number of anilines is 2. The predicted octanol–water partition coefficient (Wildman–Crippen LogP) is 5.91. The van der Waals surface area contributed by atoms with Crippen LogP contribution in [0.3, 0.4) is 0 Å². The van der Waals surface area contributed by atoms with Crippen LogP contribution in [0.5, 0.6) is 0 Å². The molecule has 2 aromatic rings. The van der Waals surface area contributed by atoms with Gasteiger partial charge in [0.2, 0.25) is 0 Å². The van der Waals surface area contributed by atoms with E-state index in [0.717, 1.165) is 35.3 Å². The van der Waals surface area contributed by atoms with E-state index in [2.05, 4.69) is 26.3 Å². The third kappa shape index (κ3) is 9.52. The summed E-state index contributed by atoms with van der Waals surface area (Å²) in [5.74, 6) is -0.257. The Balaban J connectivity index is 0.00000265. The Morgan fingerprint density at radius 3 is 1.85 bits per heavy atom. The van der Waals surface area contributed by atoms with Gasteiger partial charge in [0.15, 0.2) is 18.3 Å². The van der Waals surface area contributed by atoms with Gasteiger partial charge < -0.3 is 9.64 Å². The molecule has 0 saturated carbocycles. The van der Waals surface area contributed by atoms with Crippen molar-refractivity contribution in [2.75, 3.05) is 11.6 Å². The molecule has 0 aliphatic rings. The van der Waals surface area contributed by atoms with Crippen molar-refractivity contribution in [2.45, 2.75) is 39.0 Å². The highest BCUT2D eigenvalue weighted by molar-refractivity contribution is 5.91. The van der Waals surface area contributed by atoms with E-state index in [1.165, 1.54) is 12.2 Å². The van der Waals surface area contributed by atoms with Crippen molar-refractivity contribution in [3.8, 4) is 0 Å². The van der Waals surface area contributed by atoms with E-state index in [1.807, 2.05) is 53.4 Å². The maximum atomic E-state index is 11.7. The lowest BCUT2D eigenvalue weighted by Gasteiger charge is -2.25. The SMILES string of the molecule is C=C.C=CC(=O)CCCc1ccc(N(COC(=O)CC)c2ccc(CC(=O)C=C)cc2)cc1. The van der Waals surface area contributed by atoms with Gasteiger partial charge in [-0.25, -0.2) is 0 Å². The molecule has 0 bridgehead atoms. The van der Waals surface area contributed by atoms with Crippen LogP contribution in [-0.4, -0.2) is 24.3 Å². The minimum absolute atomic E-state index is 0.0353. The number of rotatable bonds is 13. The van der Waals surface area contributed by atoms with Gasteiger partial charge in [0, 0.05) is 30.6 Å². The fourth-order valence-corrected chi connectivity index (χ4v) is 3.02. The van der Waals surface area contributed by atoms with Crippen LogP contribution < -0.4 is 4.90 Å². The van der Waals surface area contributed by atoms with Crippen LogP contribution in [0.1, 0.15) is 37.3 Å². The summed E-state index contributed by atoms with van der Waals surface area (Å²) in [4.78, 5) is 36.6. The predicted molar refractivity (Wildman–Crippen MR) is 135 cm³/mol. The number of esters is 1. The molecule has 174 valence electrons. The first-order chi connectivity index (χ1) is 16.0. The summed E-state index contributed by atoms with van der Waals surface area (Å²) in [5.41, 5.74) is 3.75. The largest absolute Gasteiger partial charge is 0.444 e. The van der Waals surface area contributed by atoms with Crippen molar-refractivity contribution < 1.29 is 19.1 Å². The van der Waals surface area contributed by atoms with Crippen LogP contribution in [0, 0.1) is 0 Å². The number of nitrogens with zero attached hydrogens (tertiary/aromatic N) is 1. The molecule has 0 spiro atoms. The van der Waals surface area contributed by atoms with Gasteiger partial charge in [-0.05, 0) is 60.4 Å². The molecule has 2 rings (SSSR count). The molecule has 0 amide bonds. The van der Waals surface area contributed by atoms with Crippen molar-refractivity contribution in [3.05, 3.63) is 98.1 Å². The van der Waals surface area contributed by atoms with Crippen molar-refractivity contribution in [1.82, 2.24) is 0 Å². The molecular weight excluding hydrogens is 414 g/mol. The van der Waals surface area contributed by atoms with Gasteiger partial charge in [-0.3, -0.25) is 14.4 Å². The Bertz CT molecular complexity index is 929. The molecule has 0 heterocycles. The number of ketones is 2. The summed E-state index contributed by atoms with van der Waals surface area (Å²) in [6.45, 7) is 14.8. The minimum Gasteiger partial charge on any atom is -0.444 e. The highest BCUT2D eigenvalue weighted by Gasteiger charge is 2.12. The first-order valence-corrected chi connectivity index (χ1v) is 10.9. The molecule has 2 aromatic carbocycles. The van der Waals surface area contributed by atoms with Gasteiger partial charge >= 0.3 is 5.97 Å². The first kappa shape index (κ1) is 27.3. The second-order valence-corrected chi connectivity index (χ2v) is 7.13. The van der Waals surface area contributed by atoms with E-state index in [-0.39, 0.29) is 24.3 Å². The Kier molecular flexibility index (Phi) is 12.5. The van der Waals surface area contributed by atoms with E-state index >= 15 is 0 Å². The molecular formula is C28H33NO4. The lowest BCUT2D eigenvalue weighted by Crippen LogP contribution is -2.23. The first-order valence-electron chi connectivity index (χ1n) is 10.9. The molecule has 0 unspecified atom stereocenters.